The molecule has 0 radical (unpaired) electrons. The number of hydrogen-bond donors (Lipinski definition) is 2. The summed E-state index contributed by atoms with van der Waals surface area (Å²) >= 11 is 4.87. The predicted molar refractivity (Wildman–Crippen MR) is 136 cm³/mol. The molecule has 1 amide bonds. The molecule has 5 rings (SSSR count). The van der Waals surface area contributed by atoms with Gasteiger partial charge in [0.2, 0.25) is 0 Å². The maximum Gasteiger partial charge on any atom is 0.407 e. The summed E-state index contributed by atoms with van der Waals surface area (Å²) in [6, 6.07) is 22.4. The largest absolute Gasteiger partial charge is 0.493 e. The molecule has 1 aliphatic rings. The van der Waals surface area contributed by atoms with Crippen LogP contribution in [-0.4, -0.2) is 50.0 Å². The van der Waals surface area contributed by atoms with Gasteiger partial charge in [-0.1, -0.05) is 48.5 Å². The van der Waals surface area contributed by atoms with E-state index in [1.165, 1.54) is 4.90 Å². The zero-order valence-corrected chi connectivity index (χ0v) is 20.5. The number of hydrogen-bond acceptors (Lipinski definition) is 7. The first-order valence-electron chi connectivity index (χ1n) is 11.5. The van der Waals surface area contributed by atoms with Crippen LogP contribution in [0.2, 0.25) is 0 Å². The molecule has 0 saturated carbocycles. The summed E-state index contributed by atoms with van der Waals surface area (Å²) in [5.74, 6) is 1.56. The molecule has 36 heavy (non-hydrogen) atoms. The number of tetrazole rings is 1. The van der Waals surface area contributed by atoms with Crippen LogP contribution in [0.25, 0.3) is 5.69 Å². The second-order valence-electron chi connectivity index (χ2n) is 8.38. The van der Waals surface area contributed by atoms with Gasteiger partial charge in [-0.2, -0.15) is 17.3 Å². The fraction of sp³-hybridized carbons (Fsp3) is 0.231. The van der Waals surface area contributed by atoms with Crippen LogP contribution in [0.15, 0.2) is 72.8 Å². The molecule has 9 nitrogen and oxygen atoms in total. The highest BCUT2D eigenvalue weighted by Crippen LogP contribution is 2.45. The third-order valence-corrected chi connectivity index (χ3v) is 6.76. The van der Waals surface area contributed by atoms with E-state index in [-0.39, 0.29) is 0 Å². The van der Waals surface area contributed by atoms with Crippen LogP contribution in [0, 0.1) is 0 Å². The van der Waals surface area contributed by atoms with Crippen LogP contribution in [0.1, 0.15) is 33.8 Å². The molecule has 1 aliphatic heterocycles. The Morgan fingerprint density at radius 1 is 1.11 bits per heavy atom. The molecule has 2 unspecified atom stereocenters. The minimum Gasteiger partial charge on any atom is -0.493 e. The van der Waals surface area contributed by atoms with Crippen molar-refractivity contribution in [3.05, 3.63) is 95.3 Å². The van der Waals surface area contributed by atoms with E-state index in [1.54, 1.807) is 11.8 Å². The van der Waals surface area contributed by atoms with Crippen molar-refractivity contribution in [3.63, 3.8) is 0 Å². The zero-order chi connectivity index (χ0) is 25.1. The lowest BCUT2D eigenvalue weighted by atomic mass is 9.89. The molecule has 0 aliphatic carbocycles. The molecule has 2 heterocycles. The molecule has 0 spiro atoms. The number of carbonyl (C=O) groups is 1. The standard InChI is InChI=1S/C26H25N5O4S/c1-34-21-15-20-18(14-22(21)35-16-17-8-4-2-5-9-17)12-13-30(26(32)33)23(20)24(36)25-27-28-29-31(25)19-10-6-3-7-11-19/h2-11,14-15,23-24,36H,12-13,16H2,1H3,(H,32,33). The second kappa shape index (κ2) is 10.3. The first kappa shape index (κ1) is 23.7. The van der Waals surface area contributed by atoms with E-state index in [1.807, 2.05) is 72.8 Å². The Bertz CT molecular complexity index is 1350. The average molecular weight is 504 g/mol. The molecule has 2 atom stereocenters. The highest BCUT2D eigenvalue weighted by Gasteiger charge is 2.39. The van der Waals surface area contributed by atoms with Crippen molar-refractivity contribution < 1.29 is 19.4 Å². The molecular weight excluding hydrogens is 478 g/mol. The first-order chi connectivity index (χ1) is 17.6. The molecule has 4 aromatic rings. The number of carboxylic acid groups (broad SMARTS) is 1. The van der Waals surface area contributed by atoms with E-state index in [2.05, 4.69) is 15.5 Å². The molecule has 0 saturated heterocycles. The van der Waals surface area contributed by atoms with Crippen LogP contribution in [-0.2, 0) is 13.0 Å². The molecule has 184 valence electrons. The Kier molecular flexibility index (Phi) is 6.77. The Balaban J connectivity index is 1.52. The molecule has 10 heteroatoms. The number of benzene rings is 3. The van der Waals surface area contributed by atoms with E-state index in [0.29, 0.717) is 36.9 Å². The minimum atomic E-state index is -1.04. The summed E-state index contributed by atoms with van der Waals surface area (Å²) in [5.41, 5.74) is 3.56. The van der Waals surface area contributed by atoms with Crippen LogP contribution in [0.3, 0.4) is 0 Å². The van der Waals surface area contributed by atoms with Gasteiger partial charge in [-0.3, -0.25) is 4.90 Å². The van der Waals surface area contributed by atoms with E-state index in [0.717, 1.165) is 22.4 Å². The van der Waals surface area contributed by atoms with Crippen molar-refractivity contribution in [3.8, 4) is 17.2 Å². The van der Waals surface area contributed by atoms with E-state index >= 15 is 0 Å². The number of nitrogens with zero attached hydrogens (tertiary/aromatic N) is 5. The zero-order valence-electron chi connectivity index (χ0n) is 19.6. The van der Waals surface area contributed by atoms with Gasteiger partial charge in [0.1, 0.15) is 6.61 Å². The number of methoxy groups -OCH3 is 1. The SMILES string of the molecule is COc1cc2c(cc1OCc1ccccc1)CCN(C(=O)O)C2C(S)c1nnnn1-c1ccccc1. The minimum absolute atomic E-state index is 0.307. The molecular formula is C26H25N5O4S. The smallest absolute Gasteiger partial charge is 0.407 e. The highest BCUT2D eigenvalue weighted by molar-refractivity contribution is 7.80. The number of amides is 1. The Morgan fingerprint density at radius 3 is 2.53 bits per heavy atom. The van der Waals surface area contributed by atoms with Gasteiger partial charge in [-0.15, -0.1) is 5.10 Å². The van der Waals surface area contributed by atoms with Crippen LogP contribution in [0.4, 0.5) is 4.79 Å². The van der Waals surface area contributed by atoms with E-state index in [9.17, 15) is 9.90 Å². The maximum absolute atomic E-state index is 12.3. The molecule has 0 fully saturated rings. The number of para-hydroxylation sites is 1. The van der Waals surface area contributed by atoms with Crippen molar-refractivity contribution in [1.29, 1.82) is 0 Å². The Hall–Kier alpha value is -4.05. The average Bonchev–Trinajstić information content (AvgIpc) is 3.41. The molecule has 0 bridgehead atoms. The maximum atomic E-state index is 12.3. The number of ether oxygens (including phenoxy) is 2. The van der Waals surface area contributed by atoms with Crippen molar-refractivity contribution in [2.24, 2.45) is 0 Å². The normalized spacial score (nSPS) is 15.7. The van der Waals surface area contributed by atoms with Crippen LogP contribution < -0.4 is 9.47 Å². The molecule has 1 aromatic heterocycles. The van der Waals surface area contributed by atoms with Gasteiger partial charge in [0, 0.05) is 6.54 Å². The van der Waals surface area contributed by atoms with Gasteiger partial charge in [0.25, 0.3) is 0 Å². The number of aromatic nitrogens is 4. The van der Waals surface area contributed by atoms with Crippen molar-refractivity contribution in [2.45, 2.75) is 24.3 Å². The second-order valence-corrected chi connectivity index (χ2v) is 8.93. The summed E-state index contributed by atoms with van der Waals surface area (Å²) in [7, 11) is 1.57. The summed E-state index contributed by atoms with van der Waals surface area (Å²) in [4.78, 5) is 13.6. The van der Waals surface area contributed by atoms with Gasteiger partial charge in [0.15, 0.2) is 17.3 Å². The number of thiol groups is 1. The Labute approximate surface area is 213 Å². The monoisotopic (exact) mass is 503 g/mol. The van der Waals surface area contributed by atoms with Gasteiger partial charge in [-0.25, -0.2) is 4.79 Å². The van der Waals surface area contributed by atoms with Crippen molar-refractivity contribution in [1.82, 2.24) is 25.1 Å². The number of rotatable bonds is 7. The first-order valence-corrected chi connectivity index (χ1v) is 12.0. The molecule has 1 N–H and O–H groups in total. The third kappa shape index (κ3) is 4.59. The highest BCUT2D eigenvalue weighted by atomic mass is 32.1. The van der Waals surface area contributed by atoms with Crippen LogP contribution >= 0.6 is 12.6 Å². The quantitative estimate of drug-likeness (QED) is 0.358. The van der Waals surface area contributed by atoms with Crippen molar-refractivity contribution in [2.75, 3.05) is 13.7 Å². The summed E-state index contributed by atoms with van der Waals surface area (Å²) < 4.78 is 13.3. The fourth-order valence-corrected chi connectivity index (χ4v) is 4.98. The number of fused-ring (bicyclic) bond motifs is 1. The van der Waals surface area contributed by atoms with Gasteiger partial charge < -0.3 is 14.6 Å². The summed E-state index contributed by atoms with van der Waals surface area (Å²) in [6.07, 6.45) is -0.500. The lowest BCUT2D eigenvalue weighted by molar-refractivity contribution is 0.118. The fourth-order valence-electron chi connectivity index (χ4n) is 4.49. The predicted octanol–water partition coefficient (Wildman–Crippen LogP) is 4.50. The topological polar surface area (TPSA) is 103 Å². The Morgan fingerprint density at radius 2 is 1.83 bits per heavy atom. The van der Waals surface area contributed by atoms with Gasteiger partial charge in [-0.05, 0) is 57.8 Å². The van der Waals surface area contributed by atoms with E-state index in [4.69, 9.17) is 22.1 Å². The lowest BCUT2D eigenvalue weighted by Crippen LogP contribution is -2.41. The van der Waals surface area contributed by atoms with Crippen molar-refractivity contribution >= 4 is 18.7 Å². The molecule has 3 aromatic carbocycles. The van der Waals surface area contributed by atoms with Gasteiger partial charge >= 0.3 is 6.09 Å². The third-order valence-electron chi connectivity index (χ3n) is 6.24. The lowest BCUT2D eigenvalue weighted by Gasteiger charge is -2.38. The van der Waals surface area contributed by atoms with E-state index < -0.39 is 17.4 Å². The van der Waals surface area contributed by atoms with Gasteiger partial charge in [0.05, 0.1) is 24.1 Å². The van der Waals surface area contributed by atoms with Crippen LogP contribution in [0.5, 0.6) is 11.5 Å². The summed E-state index contributed by atoms with van der Waals surface area (Å²) in [5, 5.41) is 21.6. The summed E-state index contributed by atoms with van der Waals surface area (Å²) in [6.45, 7) is 0.698.